The fourth-order valence-corrected chi connectivity index (χ4v) is 9.13. The fourth-order valence-electron chi connectivity index (χ4n) is 6.81. The highest BCUT2D eigenvalue weighted by atomic mass is 32.2. The molecule has 0 radical (unpaired) electrons. The summed E-state index contributed by atoms with van der Waals surface area (Å²) in [4.78, 5) is -5.62. The molecule has 16 nitrogen and oxygen atoms in total. The van der Waals surface area contributed by atoms with Crippen LogP contribution in [-0.2, 0) is 40.5 Å². The lowest BCUT2D eigenvalue weighted by Gasteiger charge is -2.17. The van der Waals surface area contributed by atoms with Gasteiger partial charge in [-0.3, -0.25) is 18.2 Å². The first-order valence-electron chi connectivity index (χ1n) is 20.4. The van der Waals surface area contributed by atoms with Gasteiger partial charge < -0.3 is 18.9 Å². The number of hydrogen-bond donors (Lipinski definition) is 4. The van der Waals surface area contributed by atoms with Gasteiger partial charge in [0.1, 0.15) is 32.8 Å². The predicted molar refractivity (Wildman–Crippen MR) is 232 cm³/mol. The highest BCUT2D eigenvalue weighted by molar-refractivity contribution is 7.86. The first-order chi connectivity index (χ1) is 38.5. The van der Waals surface area contributed by atoms with Crippen molar-refractivity contribution in [2.24, 2.45) is 0 Å². The molecular weight excluding hydrogens is 1290 g/mol. The zero-order chi connectivity index (χ0) is 63.3. The topological polar surface area (TPSA) is 254 Å². The van der Waals surface area contributed by atoms with Gasteiger partial charge in [-0.25, -0.2) is 52.7 Å². The van der Waals surface area contributed by atoms with Crippen LogP contribution in [0.25, 0.3) is 21.5 Å². The Morgan fingerprint density at radius 3 is 0.655 bits per heavy atom. The van der Waals surface area contributed by atoms with Crippen LogP contribution in [-0.4, -0.2) is 51.9 Å². The molecule has 0 saturated carbocycles. The number of benzene rings is 8. The van der Waals surface area contributed by atoms with E-state index in [2.05, 4.69) is 18.9 Å². The largest absolute Gasteiger partial charge is 0.450 e. The maximum absolute atomic E-state index is 14.3. The maximum Gasteiger partial charge on any atom is 0.298 e. The normalized spacial score (nSPS) is 12.2. The summed E-state index contributed by atoms with van der Waals surface area (Å²) in [6, 6.07) is 2.17. The molecular formula is C44H12F20O16S4. The van der Waals surface area contributed by atoms with Crippen molar-refractivity contribution in [1.82, 2.24) is 0 Å². The molecule has 0 aliphatic rings. The summed E-state index contributed by atoms with van der Waals surface area (Å²) in [5, 5.41) is -3.34. The van der Waals surface area contributed by atoms with Crippen molar-refractivity contribution in [3.05, 3.63) is 165 Å². The minimum Gasteiger partial charge on any atom is -0.450 e. The highest BCUT2D eigenvalue weighted by Crippen LogP contribution is 2.46. The fraction of sp³-hybridized carbons (Fsp3) is 0. The molecule has 0 amide bonds. The van der Waals surface area contributed by atoms with E-state index >= 15 is 0 Å². The van der Waals surface area contributed by atoms with Crippen molar-refractivity contribution < 1.29 is 159 Å². The maximum atomic E-state index is 14.3. The van der Waals surface area contributed by atoms with Gasteiger partial charge in [-0.2, -0.15) is 68.8 Å². The van der Waals surface area contributed by atoms with Gasteiger partial charge in [0.15, 0.2) is 0 Å². The average molecular weight is 1300 g/mol. The Morgan fingerprint density at radius 1 is 0.238 bits per heavy atom. The molecule has 0 bridgehead atoms. The minimum atomic E-state index is -5.52. The van der Waals surface area contributed by atoms with E-state index in [1.807, 2.05) is 0 Å². The molecule has 40 heteroatoms. The van der Waals surface area contributed by atoms with Crippen molar-refractivity contribution in [1.29, 1.82) is 0 Å². The summed E-state index contributed by atoms with van der Waals surface area (Å²) in [5.74, 6) is -66.1. The van der Waals surface area contributed by atoms with Crippen LogP contribution in [0.1, 0.15) is 0 Å². The second-order valence-corrected chi connectivity index (χ2v) is 21.4. The molecule has 0 unspecified atom stereocenters. The summed E-state index contributed by atoms with van der Waals surface area (Å²) in [5.41, 5.74) is 0. The van der Waals surface area contributed by atoms with Crippen molar-refractivity contribution in [2.45, 2.75) is 19.6 Å². The van der Waals surface area contributed by atoms with Crippen LogP contribution in [0.5, 0.6) is 46.0 Å². The molecule has 84 heavy (non-hydrogen) atoms. The van der Waals surface area contributed by atoms with Crippen molar-refractivity contribution >= 4 is 62.0 Å². The second kappa shape index (κ2) is 22.0. The predicted octanol–water partition coefficient (Wildman–Crippen LogP) is 12.6. The van der Waals surface area contributed by atoms with Gasteiger partial charge in [-0.15, -0.1) is 0 Å². The summed E-state index contributed by atoms with van der Waals surface area (Å²) in [7, 11) is -21.8. The quantitative estimate of drug-likeness (QED) is 0.0384. The Balaban J connectivity index is 0.000000241. The zero-order valence-electron chi connectivity index (χ0n) is 38.5. The number of rotatable bonds is 12. The summed E-state index contributed by atoms with van der Waals surface area (Å²) in [6.45, 7) is 0. The number of hydrogen-bond acceptors (Lipinski definition) is 12. The van der Waals surface area contributed by atoms with Crippen molar-refractivity contribution in [2.75, 3.05) is 0 Å². The van der Waals surface area contributed by atoms with Crippen LogP contribution in [0.2, 0.25) is 0 Å². The molecule has 448 valence electrons. The van der Waals surface area contributed by atoms with Crippen LogP contribution >= 0.6 is 0 Å². The highest BCUT2D eigenvalue weighted by Gasteiger charge is 2.35. The van der Waals surface area contributed by atoms with Crippen LogP contribution in [0.3, 0.4) is 0 Å². The van der Waals surface area contributed by atoms with Gasteiger partial charge in [-0.05, 0) is 52.6 Å². The van der Waals surface area contributed by atoms with E-state index in [9.17, 15) is 140 Å². The van der Waals surface area contributed by atoms with Crippen LogP contribution < -0.4 is 18.9 Å². The summed E-state index contributed by atoms with van der Waals surface area (Å²) >= 11 is 0. The lowest BCUT2D eigenvalue weighted by atomic mass is 10.1. The lowest BCUT2D eigenvalue weighted by molar-refractivity contribution is 0.328. The molecule has 0 aliphatic carbocycles. The third-order valence-electron chi connectivity index (χ3n) is 10.6. The number of halogens is 20. The van der Waals surface area contributed by atoms with E-state index in [0.29, 0.717) is 36.4 Å². The van der Waals surface area contributed by atoms with Gasteiger partial charge in [0, 0.05) is 12.1 Å². The lowest BCUT2D eigenvalue weighted by Crippen LogP contribution is -2.08. The smallest absolute Gasteiger partial charge is 0.298 e. The molecule has 0 fully saturated rings. The van der Waals surface area contributed by atoms with Gasteiger partial charge in [0.05, 0.1) is 15.2 Å². The summed E-state index contributed by atoms with van der Waals surface area (Å²) < 4.78 is 428. The van der Waals surface area contributed by atoms with E-state index in [0.717, 1.165) is 0 Å². The second-order valence-electron chi connectivity index (χ2n) is 15.8. The Bertz CT molecular complexity index is 4290. The first kappa shape index (κ1) is 63.3. The number of fused-ring (bicyclic) bond motifs is 2. The molecule has 8 aromatic rings. The van der Waals surface area contributed by atoms with Crippen molar-refractivity contribution in [3.63, 3.8) is 0 Å². The molecule has 0 heterocycles. The van der Waals surface area contributed by atoms with Gasteiger partial charge >= 0.3 is 0 Å². The molecule has 4 N–H and O–H groups in total. The standard InChI is InChI=1S/2C22H6F10O8S2/c23-11-13(25)17(29)21(18(30)14(11)26)39-7-1-5-2-8(40-22-19(31)15(27)12(24)16(28)20(22)32)10(42(36,37)38)4-6(5)3-9(7)41(33,34)35;23-11-13(25)17(29)21(18(30)14(11)26)39-8-3-6(41(33,34)35)1-5-2-7(42(36,37)38)4-9(10(5)8)40-22-19(31)15(27)12(24)16(28)20(22)32/h2*1-4H,(H,33,34,35)(H,36,37,38). The van der Waals surface area contributed by atoms with E-state index in [1.54, 1.807) is 0 Å². The Morgan fingerprint density at radius 2 is 0.440 bits per heavy atom. The third-order valence-corrected chi connectivity index (χ3v) is 14.0. The third kappa shape index (κ3) is 11.5. The van der Waals surface area contributed by atoms with E-state index in [-0.39, 0.29) is 12.1 Å². The zero-order valence-corrected chi connectivity index (χ0v) is 41.8. The van der Waals surface area contributed by atoms with E-state index in [1.165, 1.54) is 0 Å². The van der Waals surface area contributed by atoms with Gasteiger partial charge in [0.2, 0.25) is 139 Å². The number of ether oxygens (including phenoxy) is 4. The Kier molecular flexibility index (Phi) is 16.6. The van der Waals surface area contributed by atoms with Crippen molar-refractivity contribution in [3.8, 4) is 46.0 Å². The van der Waals surface area contributed by atoms with Gasteiger partial charge in [0.25, 0.3) is 40.5 Å². The molecule has 0 atom stereocenters. The molecule has 0 spiro atoms. The molecule has 0 aliphatic heterocycles. The van der Waals surface area contributed by atoms with Crippen LogP contribution in [0.4, 0.5) is 87.8 Å². The van der Waals surface area contributed by atoms with Gasteiger partial charge in [-0.1, -0.05) is 0 Å². The van der Waals surface area contributed by atoms with E-state index < -0.39 is 244 Å². The first-order valence-corrected chi connectivity index (χ1v) is 26.2. The molecule has 0 saturated heterocycles. The SMILES string of the molecule is O=S(=O)(O)c1cc(Oc2c(F)c(F)c(F)c(F)c2F)c2c(Oc3c(F)c(F)c(F)c(F)c3F)cc(S(=O)(=O)O)cc2c1.O=S(=O)(O)c1cc2cc(S(=O)(=O)O)c(Oc3c(F)c(F)c(F)c(F)c3F)cc2cc1Oc1c(F)c(F)c(F)c(F)c1F. The monoisotopic (exact) mass is 1300 g/mol. The Hall–Kier alpha value is -8.28. The summed E-state index contributed by atoms with van der Waals surface area (Å²) in [6.07, 6.45) is 0. The van der Waals surface area contributed by atoms with E-state index in [4.69, 9.17) is 0 Å². The molecule has 0 aromatic heterocycles. The molecule has 8 rings (SSSR count). The average Bonchev–Trinajstić information content (AvgIpc) is 2.45. The minimum absolute atomic E-state index is 0.119. The van der Waals surface area contributed by atoms with Crippen LogP contribution in [0.15, 0.2) is 68.1 Å². The van der Waals surface area contributed by atoms with Crippen LogP contribution in [0, 0.1) is 116 Å². The Labute approximate surface area is 449 Å². The molecule has 8 aromatic carbocycles.